The van der Waals surface area contributed by atoms with Gasteiger partial charge in [0, 0.05) is 24.4 Å². The minimum absolute atomic E-state index is 0.0666. The van der Waals surface area contributed by atoms with Crippen molar-refractivity contribution >= 4 is 11.4 Å². The minimum Gasteiger partial charge on any atom is -0.378 e. The van der Waals surface area contributed by atoms with Gasteiger partial charge in [-0.05, 0) is 13.0 Å². The number of nitro benzene ring substituents is 1. The summed E-state index contributed by atoms with van der Waals surface area (Å²) in [5, 5.41) is 21.5. The fourth-order valence-corrected chi connectivity index (χ4v) is 1.59. The molecule has 0 aliphatic heterocycles. The Balaban J connectivity index is 2.06. The third-order valence-corrected chi connectivity index (χ3v) is 2.54. The summed E-state index contributed by atoms with van der Waals surface area (Å²) >= 11 is 0. The average Bonchev–Trinajstić information content (AvgIpc) is 2.84. The summed E-state index contributed by atoms with van der Waals surface area (Å²) in [6.07, 6.45) is 1.66. The smallest absolute Gasteiger partial charge is 0.271 e. The first kappa shape index (κ1) is 12.0. The molecule has 0 saturated heterocycles. The van der Waals surface area contributed by atoms with E-state index in [-0.39, 0.29) is 5.69 Å². The summed E-state index contributed by atoms with van der Waals surface area (Å²) in [7, 11) is 0. The maximum Gasteiger partial charge on any atom is 0.271 e. The highest BCUT2D eigenvalue weighted by atomic mass is 16.6. The van der Waals surface area contributed by atoms with Gasteiger partial charge in [-0.25, -0.2) is 0 Å². The van der Waals surface area contributed by atoms with Crippen molar-refractivity contribution in [3.63, 3.8) is 0 Å². The number of aromatic nitrogens is 3. The van der Waals surface area contributed by atoms with Gasteiger partial charge in [0.1, 0.15) is 6.33 Å². The molecule has 0 atom stereocenters. The molecule has 0 radical (unpaired) electrons. The first-order valence-corrected chi connectivity index (χ1v) is 5.55. The van der Waals surface area contributed by atoms with Gasteiger partial charge in [0.25, 0.3) is 5.69 Å². The number of hydrogen-bond acceptors (Lipinski definition) is 5. The lowest BCUT2D eigenvalue weighted by molar-refractivity contribution is -0.384. The van der Waals surface area contributed by atoms with Gasteiger partial charge in [-0.2, -0.15) is 0 Å². The van der Waals surface area contributed by atoms with Crippen LogP contribution < -0.4 is 5.32 Å². The number of nitrogens with zero attached hydrogens (tertiary/aromatic N) is 4. The van der Waals surface area contributed by atoms with Gasteiger partial charge in [0.05, 0.1) is 11.5 Å². The van der Waals surface area contributed by atoms with Crippen molar-refractivity contribution in [2.75, 3.05) is 5.32 Å². The highest BCUT2D eigenvalue weighted by Crippen LogP contribution is 2.17. The Bertz CT molecular complexity index is 552. The molecule has 0 spiro atoms. The van der Waals surface area contributed by atoms with E-state index in [0.717, 1.165) is 12.4 Å². The zero-order valence-corrected chi connectivity index (χ0v) is 9.91. The molecule has 94 valence electrons. The van der Waals surface area contributed by atoms with Crippen LogP contribution in [0.15, 0.2) is 30.6 Å². The lowest BCUT2D eigenvalue weighted by Gasteiger charge is -2.06. The molecule has 7 nitrogen and oxygen atoms in total. The standard InChI is InChI=1S/C11H13N5O2/c1-2-15-8-13-14-11(15)7-12-9-4-3-5-10(6-9)16(17)18/h3-6,8,12H,2,7H2,1H3. The van der Waals surface area contributed by atoms with Crippen molar-refractivity contribution in [3.8, 4) is 0 Å². The minimum atomic E-state index is -0.417. The normalized spacial score (nSPS) is 10.3. The van der Waals surface area contributed by atoms with Gasteiger partial charge < -0.3 is 9.88 Å². The monoisotopic (exact) mass is 247 g/mol. The molecule has 0 bridgehead atoms. The second kappa shape index (κ2) is 5.26. The molecule has 1 aromatic carbocycles. The highest BCUT2D eigenvalue weighted by molar-refractivity contribution is 5.50. The van der Waals surface area contributed by atoms with Gasteiger partial charge in [-0.3, -0.25) is 10.1 Å². The molecule has 0 saturated carbocycles. The summed E-state index contributed by atoms with van der Waals surface area (Å²) in [5.74, 6) is 0.795. The largest absolute Gasteiger partial charge is 0.378 e. The number of hydrogen-bond donors (Lipinski definition) is 1. The van der Waals surface area contributed by atoms with Crippen LogP contribution in [0, 0.1) is 10.1 Å². The number of rotatable bonds is 5. The highest BCUT2D eigenvalue weighted by Gasteiger charge is 2.06. The van der Waals surface area contributed by atoms with Crippen molar-refractivity contribution in [2.24, 2.45) is 0 Å². The fraction of sp³-hybridized carbons (Fsp3) is 0.273. The fourth-order valence-electron chi connectivity index (χ4n) is 1.59. The number of benzene rings is 1. The van der Waals surface area contributed by atoms with Crippen LogP contribution in [-0.4, -0.2) is 19.7 Å². The predicted molar refractivity (Wildman–Crippen MR) is 66.1 cm³/mol. The molecule has 0 fully saturated rings. The lowest BCUT2D eigenvalue weighted by atomic mass is 10.3. The molecule has 0 aliphatic rings. The number of aryl methyl sites for hydroxylation is 1. The Morgan fingerprint density at radius 1 is 1.50 bits per heavy atom. The Hall–Kier alpha value is -2.44. The van der Waals surface area contributed by atoms with Crippen molar-refractivity contribution < 1.29 is 4.92 Å². The van der Waals surface area contributed by atoms with E-state index >= 15 is 0 Å². The van der Waals surface area contributed by atoms with Crippen LogP contribution in [0.5, 0.6) is 0 Å². The van der Waals surface area contributed by atoms with E-state index in [4.69, 9.17) is 0 Å². The quantitative estimate of drug-likeness (QED) is 0.643. The molecule has 0 amide bonds. The van der Waals surface area contributed by atoms with Gasteiger partial charge in [0.2, 0.25) is 0 Å². The van der Waals surface area contributed by atoms with Crippen LogP contribution in [0.1, 0.15) is 12.7 Å². The van der Waals surface area contributed by atoms with Gasteiger partial charge in [-0.1, -0.05) is 6.07 Å². The van der Waals surface area contributed by atoms with Crippen molar-refractivity contribution in [3.05, 3.63) is 46.5 Å². The summed E-state index contributed by atoms with van der Waals surface area (Å²) in [6, 6.07) is 6.37. The topological polar surface area (TPSA) is 85.9 Å². The SMILES string of the molecule is CCn1cnnc1CNc1cccc([N+](=O)[O-])c1. The van der Waals surface area contributed by atoms with Crippen LogP contribution in [0.3, 0.4) is 0 Å². The zero-order valence-electron chi connectivity index (χ0n) is 9.91. The van der Waals surface area contributed by atoms with E-state index in [2.05, 4.69) is 15.5 Å². The molecular weight excluding hydrogens is 234 g/mol. The Morgan fingerprint density at radius 3 is 3.06 bits per heavy atom. The van der Waals surface area contributed by atoms with Crippen molar-refractivity contribution in [2.45, 2.75) is 20.0 Å². The van der Waals surface area contributed by atoms with Crippen LogP contribution in [-0.2, 0) is 13.1 Å². The zero-order chi connectivity index (χ0) is 13.0. The van der Waals surface area contributed by atoms with Crippen molar-refractivity contribution in [1.82, 2.24) is 14.8 Å². The van der Waals surface area contributed by atoms with E-state index in [1.165, 1.54) is 12.1 Å². The van der Waals surface area contributed by atoms with E-state index in [1.807, 2.05) is 11.5 Å². The van der Waals surface area contributed by atoms with Gasteiger partial charge in [0.15, 0.2) is 5.82 Å². The third-order valence-electron chi connectivity index (χ3n) is 2.54. The molecule has 2 aromatic rings. The number of non-ortho nitro benzene ring substituents is 1. The van der Waals surface area contributed by atoms with Crippen LogP contribution in [0.2, 0.25) is 0 Å². The average molecular weight is 247 g/mol. The van der Waals surface area contributed by atoms with E-state index in [9.17, 15) is 10.1 Å². The Labute approximate surface area is 104 Å². The Morgan fingerprint density at radius 2 is 2.33 bits per heavy atom. The Kier molecular flexibility index (Phi) is 3.52. The molecule has 1 heterocycles. The predicted octanol–water partition coefficient (Wildman–Crippen LogP) is 1.82. The molecule has 7 heteroatoms. The van der Waals surface area contributed by atoms with E-state index in [1.54, 1.807) is 18.5 Å². The van der Waals surface area contributed by atoms with Gasteiger partial charge in [-0.15, -0.1) is 10.2 Å². The van der Waals surface area contributed by atoms with Gasteiger partial charge >= 0.3 is 0 Å². The molecule has 2 rings (SSSR count). The van der Waals surface area contributed by atoms with Crippen LogP contribution in [0.25, 0.3) is 0 Å². The molecular formula is C11H13N5O2. The molecule has 18 heavy (non-hydrogen) atoms. The van der Waals surface area contributed by atoms with Crippen LogP contribution >= 0.6 is 0 Å². The number of nitro groups is 1. The number of anilines is 1. The summed E-state index contributed by atoms with van der Waals surface area (Å²) in [6.45, 7) is 3.27. The molecule has 0 aliphatic carbocycles. The molecule has 1 aromatic heterocycles. The van der Waals surface area contributed by atoms with Crippen molar-refractivity contribution in [1.29, 1.82) is 0 Å². The number of nitrogens with one attached hydrogen (secondary N) is 1. The van der Waals surface area contributed by atoms with Crippen LogP contribution in [0.4, 0.5) is 11.4 Å². The first-order chi connectivity index (χ1) is 8.70. The summed E-state index contributed by atoms with van der Waals surface area (Å²) < 4.78 is 1.91. The molecule has 1 N–H and O–H groups in total. The summed E-state index contributed by atoms with van der Waals surface area (Å²) in [4.78, 5) is 10.2. The first-order valence-electron chi connectivity index (χ1n) is 5.55. The third kappa shape index (κ3) is 2.62. The molecule has 0 unspecified atom stereocenters. The second-order valence-electron chi connectivity index (χ2n) is 3.69. The lowest BCUT2D eigenvalue weighted by Crippen LogP contribution is -2.07. The maximum atomic E-state index is 10.6. The summed E-state index contributed by atoms with van der Waals surface area (Å²) in [5.41, 5.74) is 0.756. The van der Waals surface area contributed by atoms with E-state index in [0.29, 0.717) is 12.2 Å². The second-order valence-corrected chi connectivity index (χ2v) is 3.69. The maximum absolute atomic E-state index is 10.6. The van der Waals surface area contributed by atoms with E-state index < -0.39 is 4.92 Å².